The maximum atomic E-state index is 10.5. The Bertz CT molecular complexity index is 292. The Morgan fingerprint density at radius 3 is 2.70 bits per heavy atom. The van der Waals surface area contributed by atoms with Crippen LogP contribution in [-0.2, 0) is 0 Å². The van der Waals surface area contributed by atoms with Crippen LogP contribution in [0, 0.1) is 13.8 Å². The highest BCUT2D eigenvalue weighted by molar-refractivity contribution is 5.79. The molecule has 52 valence electrons. The van der Waals surface area contributed by atoms with Crippen LogP contribution in [0.3, 0.4) is 0 Å². The normalized spacial score (nSPS) is 10.8. The zero-order valence-electron chi connectivity index (χ0n) is 7.14. The lowest BCUT2D eigenvalue weighted by Crippen LogP contribution is -1.89. The van der Waals surface area contributed by atoms with Crippen molar-refractivity contribution >= 4 is 6.29 Å². The predicted octanol–water partition coefficient (Wildman–Crippen LogP) is 2.12. The minimum Gasteiger partial charge on any atom is -0.298 e. The third-order valence-electron chi connectivity index (χ3n) is 1.58. The maximum absolute atomic E-state index is 10.5. The van der Waals surface area contributed by atoms with Crippen molar-refractivity contribution in [3.05, 3.63) is 34.9 Å². The molecule has 0 amide bonds. The Labute approximate surface area is 62.1 Å². The van der Waals surface area contributed by atoms with Crippen molar-refractivity contribution in [2.45, 2.75) is 13.8 Å². The molecule has 0 aliphatic carbocycles. The highest BCUT2D eigenvalue weighted by Crippen LogP contribution is 2.09. The van der Waals surface area contributed by atoms with Gasteiger partial charge in [0.1, 0.15) is 0 Å². The monoisotopic (exact) mass is 135 g/mol. The summed E-state index contributed by atoms with van der Waals surface area (Å²) < 4.78 is 7.40. The first-order valence-electron chi connectivity index (χ1n) is 3.69. The molecule has 1 aromatic carbocycles. The summed E-state index contributed by atoms with van der Waals surface area (Å²) in [5.41, 5.74) is 2.35. The van der Waals surface area contributed by atoms with Gasteiger partial charge in [0.05, 0.1) is 1.37 Å². The molecule has 0 bridgehead atoms. The standard InChI is InChI=1S/C9H10O/c1-7-4-3-5-8(2)9(7)6-10/h3-6H,1-2H3/i4D. The second-order valence-corrected chi connectivity index (χ2v) is 2.32. The molecule has 0 spiro atoms. The topological polar surface area (TPSA) is 17.1 Å². The van der Waals surface area contributed by atoms with Crippen molar-refractivity contribution in [2.24, 2.45) is 0 Å². The fourth-order valence-electron chi connectivity index (χ4n) is 0.936. The van der Waals surface area contributed by atoms with Gasteiger partial charge in [-0.15, -0.1) is 0 Å². The lowest BCUT2D eigenvalue weighted by Gasteiger charge is -1.99. The van der Waals surface area contributed by atoms with Gasteiger partial charge in [0.15, 0.2) is 6.29 Å². The van der Waals surface area contributed by atoms with Crippen LogP contribution in [0.4, 0.5) is 0 Å². The van der Waals surface area contributed by atoms with E-state index < -0.39 is 0 Å². The van der Waals surface area contributed by atoms with Crippen molar-refractivity contribution < 1.29 is 6.17 Å². The molecule has 10 heavy (non-hydrogen) atoms. The van der Waals surface area contributed by atoms with Crippen LogP contribution in [0.1, 0.15) is 22.9 Å². The van der Waals surface area contributed by atoms with Crippen LogP contribution in [0.25, 0.3) is 0 Å². The number of benzene rings is 1. The van der Waals surface area contributed by atoms with Crippen molar-refractivity contribution in [3.63, 3.8) is 0 Å². The summed E-state index contributed by atoms with van der Waals surface area (Å²) in [6.45, 7) is 3.66. The summed E-state index contributed by atoms with van der Waals surface area (Å²) in [5.74, 6) is 0. The first kappa shape index (κ1) is 5.66. The number of hydrogen-bond donors (Lipinski definition) is 0. The van der Waals surface area contributed by atoms with Crippen LogP contribution in [0.2, 0.25) is 0 Å². The summed E-state index contributed by atoms with van der Waals surface area (Å²) in [4.78, 5) is 10.5. The molecular weight excluding hydrogens is 124 g/mol. The summed E-state index contributed by atoms with van der Waals surface area (Å²) in [6, 6.07) is 3.93. The van der Waals surface area contributed by atoms with Crippen molar-refractivity contribution in [1.29, 1.82) is 0 Å². The fraction of sp³-hybridized carbons (Fsp3) is 0.222. The molecule has 0 radical (unpaired) electrons. The molecule has 0 N–H and O–H groups in total. The van der Waals surface area contributed by atoms with E-state index in [1.54, 1.807) is 19.1 Å². The number of carbonyl (C=O) groups is 1. The molecule has 0 aromatic heterocycles. The zero-order chi connectivity index (χ0) is 8.43. The Balaban J connectivity index is 3.40. The summed E-state index contributed by atoms with van der Waals surface area (Å²) >= 11 is 0. The molecular formula is C9H10O. The summed E-state index contributed by atoms with van der Waals surface area (Å²) in [5, 5.41) is 0. The Morgan fingerprint density at radius 1 is 1.50 bits per heavy atom. The Hall–Kier alpha value is -1.11. The highest BCUT2D eigenvalue weighted by Gasteiger charge is 1.97. The van der Waals surface area contributed by atoms with Crippen LogP contribution in [-0.4, -0.2) is 6.29 Å². The van der Waals surface area contributed by atoms with Crippen LogP contribution in [0.5, 0.6) is 0 Å². The van der Waals surface area contributed by atoms with E-state index in [-0.39, 0.29) is 0 Å². The summed E-state index contributed by atoms with van der Waals surface area (Å²) in [6.07, 6.45) is 0.808. The molecule has 1 nitrogen and oxygen atoms in total. The lowest BCUT2D eigenvalue weighted by atomic mass is 10.1. The molecule has 0 saturated heterocycles. The van der Waals surface area contributed by atoms with Gasteiger partial charge < -0.3 is 0 Å². The van der Waals surface area contributed by atoms with E-state index in [0.717, 1.165) is 17.4 Å². The predicted molar refractivity (Wildman–Crippen MR) is 41.3 cm³/mol. The highest BCUT2D eigenvalue weighted by atomic mass is 16.1. The first-order chi connectivity index (χ1) is 5.16. The fourth-order valence-corrected chi connectivity index (χ4v) is 0.936. The molecule has 1 rings (SSSR count). The van der Waals surface area contributed by atoms with E-state index >= 15 is 0 Å². The van der Waals surface area contributed by atoms with E-state index in [2.05, 4.69) is 0 Å². The molecule has 0 unspecified atom stereocenters. The van der Waals surface area contributed by atoms with Gasteiger partial charge in [0.25, 0.3) is 0 Å². The van der Waals surface area contributed by atoms with Gasteiger partial charge in [0.2, 0.25) is 0 Å². The third kappa shape index (κ3) is 1.08. The lowest BCUT2D eigenvalue weighted by molar-refractivity contribution is 0.112. The number of carbonyl (C=O) groups excluding carboxylic acids is 1. The molecule has 0 atom stereocenters. The quantitative estimate of drug-likeness (QED) is 0.539. The maximum Gasteiger partial charge on any atom is 0.150 e. The van der Waals surface area contributed by atoms with Crippen molar-refractivity contribution in [1.82, 2.24) is 0 Å². The Kier molecular flexibility index (Phi) is 1.50. The van der Waals surface area contributed by atoms with Gasteiger partial charge >= 0.3 is 0 Å². The van der Waals surface area contributed by atoms with Gasteiger partial charge in [-0.1, -0.05) is 18.2 Å². The zero-order valence-corrected chi connectivity index (χ0v) is 6.14. The largest absolute Gasteiger partial charge is 0.298 e. The van der Waals surface area contributed by atoms with Crippen LogP contribution < -0.4 is 0 Å². The molecule has 0 aliphatic heterocycles. The van der Waals surface area contributed by atoms with Gasteiger partial charge in [-0.05, 0) is 25.0 Å². The van der Waals surface area contributed by atoms with Gasteiger partial charge in [0, 0.05) is 5.56 Å². The third-order valence-corrected chi connectivity index (χ3v) is 1.58. The van der Waals surface area contributed by atoms with E-state index in [1.807, 2.05) is 6.92 Å². The number of hydrogen-bond acceptors (Lipinski definition) is 1. The number of aryl methyl sites for hydroxylation is 1. The molecule has 0 heterocycles. The minimum absolute atomic E-state index is 0.428. The van der Waals surface area contributed by atoms with Gasteiger partial charge in [-0.25, -0.2) is 0 Å². The minimum atomic E-state index is 0.428. The molecule has 0 saturated carbocycles. The van der Waals surface area contributed by atoms with Gasteiger partial charge in [-0.2, -0.15) is 0 Å². The number of aldehydes is 1. The van der Waals surface area contributed by atoms with E-state index in [1.165, 1.54) is 0 Å². The number of rotatable bonds is 1. The summed E-state index contributed by atoms with van der Waals surface area (Å²) in [7, 11) is 0. The van der Waals surface area contributed by atoms with Gasteiger partial charge in [-0.3, -0.25) is 4.79 Å². The van der Waals surface area contributed by atoms with E-state index in [4.69, 9.17) is 1.37 Å². The SMILES string of the molecule is [2H]c1ccc(C)c(C=O)c1C. The average molecular weight is 135 g/mol. The molecule has 0 aliphatic rings. The smallest absolute Gasteiger partial charge is 0.150 e. The Morgan fingerprint density at radius 2 is 2.20 bits per heavy atom. The van der Waals surface area contributed by atoms with E-state index in [9.17, 15) is 4.79 Å². The first-order valence-corrected chi connectivity index (χ1v) is 3.19. The van der Waals surface area contributed by atoms with E-state index in [0.29, 0.717) is 11.6 Å². The van der Waals surface area contributed by atoms with Crippen LogP contribution in [0.15, 0.2) is 18.2 Å². The molecule has 0 fully saturated rings. The second-order valence-electron chi connectivity index (χ2n) is 2.32. The molecule has 1 heteroatoms. The average Bonchev–Trinajstić information content (AvgIpc) is 1.99. The van der Waals surface area contributed by atoms with Crippen molar-refractivity contribution in [2.75, 3.05) is 0 Å². The van der Waals surface area contributed by atoms with Crippen molar-refractivity contribution in [3.8, 4) is 0 Å². The second kappa shape index (κ2) is 2.65. The van der Waals surface area contributed by atoms with Crippen LogP contribution >= 0.6 is 0 Å². The molecule has 1 aromatic rings.